The Kier molecular flexibility index (Phi) is 6.86. The monoisotopic (exact) mass is 475 g/mol. The highest BCUT2D eigenvalue weighted by molar-refractivity contribution is 5.97. The number of nitrogens with one attached hydrogen (secondary N) is 1. The number of rotatable bonds is 8. The molecule has 0 radical (unpaired) electrons. The number of furan rings is 1. The highest BCUT2D eigenvalue weighted by atomic mass is 16.6. The number of carbonyl (C=O) groups excluding carboxylic acids is 2. The van der Waals surface area contributed by atoms with Crippen molar-refractivity contribution in [3.05, 3.63) is 100 Å². The first-order chi connectivity index (χ1) is 16.8. The van der Waals surface area contributed by atoms with Crippen molar-refractivity contribution in [1.29, 1.82) is 0 Å². The summed E-state index contributed by atoms with van der Waals surface area (Å²) < 4.78 is 19.4. The summed E-state index contributed by atoms with van der Waals surface area (Å²) in [6.07, 6.45) is -1.17. The van der Waals surface area contributed by atoms with E-state index in [1.807, 2.05) is 48.5 Å². The van der Waals surface area contributed by atoms with E-state index in [2.05, 4.69) is 5.32 Å². The van der Waals surface area contributed by atoms with Crippen molar-refractivity contribution in [3.63, 3.8) is 0 Å². The number of para-hydroxylation sites is 2. The van der Waals surface area contributed by atoms with Gasteiger partial charge in [-0.05, 0) is 50.2 Å². The first-order valence-electron chi connectivity index (χ1n) is 11.0. The molecule has 2 aromatic carbocycles. The number of hydrogen-bond donors (Lipinski definition) is 1. The molecule has 1 amide bonds. The van der Waals surface area contributed by atoms with Gasteiger partial charge < -0.3 is 19.2 Å². The first-order valence-corrected chi connectivity index (χ1v) is 11.0. The second-order valence-electron chi connectivity index (χ2n) is 7.84. The summed E-state index contributed by atoms with van der Waals surface area (Å²) in [5.41, 5.74) is 0.938. The molecule has 0 saturated carbocycles. The van der Waals surface area contributed by atoms with Crippen molar-refractivity contribution in [2.75, 3.05) is 5.32 Å². The van der Waals surface area contributed by atoms with E-state index < -0.39 is 23.5 Å². The Bertz CT molecular complexity index is 1390. The molecule has 1 unspecified atom stereocenters. The molecule has 1 N–H and O–H groups in total. The molecule has 35 heavy (non-hydrogen) atoms. The number of anilines is 1. The van der Waals surface area contributed by atoms with Crippen LogP contribution in [0.1, 0.15) is 28.9 Å². The fourth-order valence-corrected chi connectivity index (χ4v) is 3.45. The van der Waals surface area contributed by atoms with Crippen molar-refractivity contribution >= 4 is 17.6 Å². The molecule has 2 aromatic heterocycles. The lowest BCUT2D eigenvalue weighted by Crippen LogP contribution is -2.32. The fraction of sp³-hybridized carbons (Fsp3) is 0.192. The molecule has 9 nitrogen and oxygen atoms in total. The van der Waals surface area contributed by atoms with Gasteiger partial charge in [-0.3, -0.25) is 14.3 Å². The molecule has 0 aliphatic carbocycles. The normalized spacial score (nSPS) is 11.6. The van der Waals surface area contributed by atoms with Crippen molar-refractivity contribution < 1.29 is 23.5 Å². The Morgan fingerprint density at radius 2 is 1.66 bits per heavy atom. The molecule has 4 aromatic rings. The minimum Gasteiger partial charge on any atom is -0.486 e. The van der Waals surface area contributed by atoms with Crippen LogP contribution in [0.2, 0.25) is 0 Å². The second-order valence-corrected chi connectivity index (χ2v) is 7.84. The zero-order valence-corrected chi connectivity index (χ0v) is 19.6. The quantitative estimate of drug-likeness (QED) is 0.388. The van der Waals surface area contributed by atoms with Crippen LogP contribution >= 0.6 is 0 Å². The van der Waals surface area contributed by atoms with Crippen LogP contribution in [-0.2, 0) is 23.2 Å². The van der Waals surface area contributed by atoms with E-state index in [1.54, 1.807) is 36.9 Å². The number of ether oxygens (including phenoxy) is 2. The minimum atomic E-state index is -1.17. The van der Waals surface area contributed by atoms with Gasteiger partial charge >= 0.3 is 5.97 Å². The van der Waals surface area contributed by atoms with Crippen molar-refractivity contribution in [1.82, 2.24) is 9.36 Å². The van der Waals surface area contributed by atoms with Gasteiger partial charge in [-0.15, -0.1) is 0 Å². The lowest BCUT2D eigenvalue weighted by Gasteiger charge is -2.12. The molecular weight excluding hydrogens is 450 g/mol. The second kappa shape index (κ2) is 10.2. The lowest BCUT2D eigenvalue weighted by atomic mass is 10.3. The molecule has 0 aliphatic heterocycles. The largest absolute Gasteiger partial charge is 0.486 e. The summed E-state index contributed by atoms with van der Waals surface area (Å²) >= 11 is 0. The van der Waals surface area contributed by atoms with E-state index >= 15 is 0 Å². The Morgan fingerprint density at radius 1 is 1.00 bits per heavy atom. The van der Waals surface area contributed by atoms with E-state index in [4.69, 9.17) is 13.9 Å². The van der Waals surface area contributed by atoms with Crippen LogP contribution in [0.4, 0.5) is 5.69 Å². The number of nitrogens with zero attached hydrogens (tertiary/aromatic N) is 2. The number of carbonyl (C=O) groups is 2. The minimum absolute atomic E-state index is 0.0568. The van der Waals surface area contributed by atoms with E-state index in [1.165, 1.54) is 17.7 Å². The van der Waals surface area contributed by atoms with Gasteiger partial charge in [-0.25, -0.2) is 9.48 Å². The topological polar surface area (TPSA) is 105 Å². The Labute approximate surface area is 201 Å². The average molecular weight is 476 g/mol. The highest BCUT2D eigenvalue weighted by Crippen LogP contribution is 2.17. The van der Waals surface area contributed by atoms with Crippen LogP contribution in [0, 0.1) is 6.92 Å². The van der Waals surface area contributed by atoms with Crippen LogP contribution in [0.15, 0.2) is 82.0 Å². The van der Waals surface area contributed by atoms with Gasteiger partial charge in [0.1, 0.15) is 23.8 Å². The van der Waals surface area contributed by atoms with Crippen LogP contribution in [0.3, 0.4) is 0 Å². The molecule has 0 bridgehead atoms. The van der Waals surface area contributed by atoms with E-state index in [9.17, 15) is 14.4 Å². The van der Waals surface area contributed by atoms with Crippen LogP contribution < -0.4 is 15.6 Å². The van der Waals surface area contributed by atoms with Gasteiger partial charge in [-0.1, -0.05) is 36.4 Å². The molecule has 4 rings (SSSR count). The van der Waals surface area contributed by atoms with Crippen LogP contribution in [0.5, 0.6) is 5.75 Å². The number of benzene rings is 2. The van der Waals surface area contributed by atoms with Gasteiger partial charge in [0.2, 0.25) is 5.76 Å². The van der Waals surface area contributed by atoms with Gasteiger partial charge in [0.05, 0.1) is 11.4 Å². The Hall–Kier alpha value is -4.53. The third kappa shape index (κ3) is 5.19. The third-order valence-corrected chi connectivity index (χ3v) is 5.44. The zero-order chi connectivity index (χ0) is 24.9. The number of hydrogen-bond acceptors (Lipinski definition) is 6. The lowest BCUT2D eigenvalue weighted by molar-refractivity contribution is -0.123. The summed E-state index contributed by atoms with van der Waals surface area (Å²) in [4.78, 5) is 38.2. The number of amides is 1. The Morgan fingerprint density at radius 3 is 2.34 bits per heavy atom. The van der Waals surface area contributed by atoms with Gasteiger partial charge in [-0.2, -0.15) is 0 Å². The summed E-state index contributed by atoms with van der Waals surface area (Å²) in [5.74, 6) is -0.396. The smallest absolute Gasteiger partial charge is 0.375 e. The number of esters is 1. The SMILES string of the molecule is Cc1c(NC(=O)C(C)OC(=O)c2ccc(COc3ccccc3)o2)c(=O)n(-c2ccccc2)n1C. The van der Waals surface area contributed by atoms with Crippen LogP contribution in [0.25, 0.3) is 5.69 Å². The summed E-state index contributed by atoms with van der Waals surface area (Å²) in [5, 5.41) is 2.59. The molecule has 0 fully saturated rings. The molecule has 9 heteroatoms. The first kappa shape index (κ1) is 23.6. The van der Waals surface area contributed by atoms with Crippen molar-refractivity contribution in [2.45, 2.75) is 26.6 Å². The molecule has 1 atom stereocenters. The summed E-state index contributed by atoms with van der Waals surface area (Å²) in [6, 6.07) is 21.3. The molecule has 0 aliphatic rings. The molecule has 0 saturated heterocycles. The van der Waals surface area contributed by atoms with E-state index in [0.29, 0.717) is 22.9 Å². The van der Waals surface area contributed by atoms with Gasteiger partial charge in [0, 0.05) is 7.05 Å². The Balaban J connectivity index is 1.39. The molecule has 2 heterocycles. The van der Waals surface area contributed by atoms with E-state index in [0.717, 1.165) is 0 Å². The summed E-state index contributed by atoms with van der Waals surface area (Å²) in [6.45, 7) is 3.27. The standard InChI is InChI=1S/C26H25N3O6/c1-17-23(25(31)29(28(17)3)19-10-6-4-7-11-19)27-24(30)18(2)34-26(32)22-15-14-21(35-22)16-33-20-12-8-5-9-13-20/h4-15,18H,16H2,1-3H3,(H,27,30). The van der Waals surface area contributed by atoms with Crippen molar-refractivity contribution in [2.24, 2.45) is 7.05 Å². The zero-order valence-electron chi connectivity index (χ0n) is 19.6. The highest BCUT2D eigenvalue weighted by Gasteiger charge is 2.24. The maximum Gasteiger partial charge on any atom is 0.375 e. The van der Waals surface area contributed by atoms with Crippen LogP contribution in [-0.4, -0.2) is 27.3 Å². The van der Waals surface area contributed by atoms with Gasteiger partial charge in [0.15, 0.2) is 6.10 Å². The van der Waals surface area contributed by atoms with Crippen molar-refractivity contribution in [3.8, 4) is 11.4 Å². The predicted molar refractivity (Wildman–Crippen MR) is 129 cm³/mol. The molecule has 180 valence electrons. The van der Waals surface area contributed by atoms with Gasteiger partial charge in [0.25, 0.3) is 11.5 Å². The fourth-order valence-electron chi connectivity index (χ4n) is 3.45. The molecule has 0 spiro atoms. The third-order valence-electron chi connectivity index (χ3n) is 5.44. The van der Waals surface area contributed by atoms with E-state index in [-0.39, 0.29) is 18.1 Å². The summed E-state index contributed by atoms with van der Waals surface area (Å²) in [7, 11) is 1.72. The predicted octanol–water partition coefficient (Wildman–Crippen LogP) is 3.84. The maximum atomic E-state index is 13.0. The maximum absolute atomic E-state index is 13.0. The average Bonchev–Trinajstić information content (AvgIpc) is 3.43. The molecular formula is C26H25N3O6. The number of aromatic nitrogens is 2.